The van der Waals surface area contributed by atoms with E-state index >= 15 is 0 Å². The molecule has 1 heterocycles. The molecule has 3 rings (SSSR count). The molecule has 182 valence electrons. The molecule has 0 unspecified atom stereocenters. The Morgan fingerprint density at radius 3 is 2.49 bits per heavy atom. The summed E-state index contributed by atoms with van der Waals surface area (Å²) in [6.07, 6.45) is 6.66. The monoisotopic (exact) mass is 516 g/mol. The van der Waals surface area contributed by atoms with Gasteiger partial charge in [-0.05, 0) is 54.6 Å². The molecule has 0 radical (unpaired) electrons. The fourth-order valence-corrected chi connectivity index (χ4v) is 3.81. The Morgan fingerprint density at radius 2 is 1.89 bits per heavy atom. The number of halogens is 1. The van der Waals surface area contributed by atoms with Gasteiger partial charge in [0.05, 0.1) is 25.8 Å². The summed E-state index contributed by atoms with van der Waals surface area (Å²) < 4.78 is 27.2. The quantitative estimate of drug-likeness (QED) is 0.211. The molecule has 0 bridgehead atoms. The standard InChI is InChI=1S/C24H21ClN2O7S/c1-5-7-33-21-18(25)8-14(9-19(21)32-6-2)10-20(23(28)29)35-24-27-26-22(34-24)15-11-16(30-3)13-17(12-15)31-4/h1,8-13H,6-7H2,2-4H3,(H,28,29)/b20-10-. The van der Waals surface area contributed by atoms with Crippen molar-refractivity contribution in [2.24, 2.45) is 0 Å². The molecular formula is C24H21ClN2O7S. The molecule has 1 N–H and O–H groups in total. The minimum absolute atomic E-state index is 0.00384. The Hall–Kier alpha value is -3.81. The van der Waals surface area contributed by atoms with Crippen molar-refractivity contribution in [2.75, 3.05) is 27.4 Å². The van der Waals surface area contributed by atoms with Crippen molar-refractivity contribution in [2.45, 2.75) is 12.1 Å². The number of aliphatic carboxylic acids is 1. The van der Waals surface area contributed by atoms with Gasteiger partial charge in [-0.3, -0.25) is 0 Å². The van der Waals surface area contributed by atoms with Crippen molar-refractivity contribution >= 4 is 35.4 Å². The summed E-state index contributed by atoms with van der Waals surface area (Å²) in [5.41, 5.74) is 1.02. The zero-order valence-electron chi connectivity index (χ0n) is 19.0. The van der Waals surface area contributed by atoms with Gasteiger partial charge in [0.2, 0.25) is 5.89 Å². The number of ether oxygens (including phenoxy) is 4. The normalized spacial score (nSPS) is 11.0. The summed E-state index contributed by atoms with van der Waals surface area (Å²) in [6, 6.07) is 8.23. The molecule has 0 saturated carbocycles. The molecule has 0 aliphatic carbocycles. The summed E-state index contributed by atoms with van der Waals surface area (Å²) in [5.74, 6) is 3.03. The van der Waals surface area contributed by atoms with Crippen molar-refractivity contribution in [1.29, 1.82) is 0 Å². The van der Waals surface area contributed by atoms with Crippen LogP contribution in [-0.4, -0.2) is 48.7 Å². The van der Waals surface area contributed by atoms with Crippen LogP contribution in [-0.2, 0) is 4.79 Å². The molecule has 35 heavy (non-hydrogen) atoms. The highest BCUT2D eigenvalue weighted by Gasteiger charge is 2.18. The van der Waals surface area contributed by atoms with E-state index in [2.05, 4.69) is 16.1 Å². The maximum atomic E-state index is 11.9. The molecule has 3 aromatic rings. The molecule has 0 aliphatic heterocycles. The number of terminal acetylenes is 1. The van der Waals surface area contributed by atoms with E-state index in [1.54, 1.807) is 37.3 Å². The number of hydrogen-bond acceptors (Lipinski definition) is 9. The van der Waals surface area contributed by atoms with Crippen LogP contribution in [0.1, 0.15) is 12.5 Å². The largest absolute Gasteiger partial charge is 0.497 e. The number of methoxy groups -OCH3 is 2. The molecule has 0 saturated heterocycles. The average molecular weight is 517 g/mol. The van der Waals surface area contributed by atoms with Crippen molar-refractivity contribution in [3.8, 4) is 46.8 Å². The molecule has 0 fully saturated rings. The molecule has 1 aromatic heterocycles. The van der Waals surface area contributed by atoms with Gasteiger partial charge in [0.25, 0.3) is 5.22 Å². The van der Waals surface area contributed by atoms with Crippen LogP contribution in [0.15, 0.2) is 44.9 Å². The molecule has 2 aromatic carbocycles. The second kappa shape index (κ2) is 12.1. The lowest BCUT2D eigenvalue weighted by Crippen LogP contribution is -2.01. The lowest BCUT2D eigenvalue weighted by atomic mass is 10.2. The van der Waals surface area contributed by atoms with Gasteiger partial charge in [0, 0.05) is 11.6 Å². The van der Waals surface area contributed by atoms with E-state index < -0.39 is 5.97 Å². The molecular weight excluding hydrogens is 496 g/mol. The summed E-state index contributed by atoms with van der Waals surface area (Å²) in [6.45, 7) is 2.14. The van der Waals surface area contributed by atoms with Crippen LogP contribution in [0.25, 0.3) is 17.5 Å². The number of carboxylic acids is 1. The first-order valence-electron chi connectivity index (χ1n) is 10.1. The van der Waals surface area contributed by atoms with Crippen LogP contribution in [0.2, 0.25) is 5.02 Å². The van der Waals surface area contributed by atoms with Gasteiger partial charge >= 0.3 is 5.97 Å². The topological polar surface area (TPSA) is 113 Å². The molecule has 11 heteroatoms. The maximum Gasteiger partial charge on any atom is 0.342 e. The minimum atomic E-state index is -1.19. The van der Waals surface area contributed by atoms with E-state index in [9.17, 15) is 9.90 Å². The summed E-state index contributed by atoms with van der Waals surface area (Å²) in [4.78, 5) is 11.8. The van der Waals surface area contributed by atoms with E-state index in [0.717, 1.165) is 11.8 Å². The Labute approximate surface area is 211 Å². The highest BCUT2D eigenvalue weighted by atomic mass is 35.5. The lowest BCUT2D eigenvalue weighted by molar-refractivity contribution is -0.131. The molecule has 0 aliphatic rings. The van der Waals surface area contributed by atoms with Crippen LogP contribution >= 0.6 is 23.4 Å². The zero-order valence-corrected chi connectivity index (χ0v) is 20.6. The van der Waals surface area contributed by atoms with E-state index in [1.165, 1.54) is 20.3 Å². The van der Waals surface area contributed by atoms with Gasteiger partial charge in [-0.25, -0.2) is 4.79 Å². The second-order valence-corrected chi connectivity index (χ2v) is 8.05. The van der Waals surface area contributed by atoms with Crippen LogP contribution in [0, 0.1) is 12.3 Å². The Morgan fingerprint density at radius 1 is 1.17 bits per heavy atom. The van der Waals surface area contributed by atoms with Gasteiger partial charge in [-0.1, -0.05) is 17.5 Å². The number of hydrogen-bond donors (Lipinski definition) is 1. The zero-order chi connectivity index (χ0) is 25.4. The van der Waals surface area contributed by atoms with Crippen LogP contribution < -0.4 is 18.9 Å². The fourth-order valence-electron chi connectivity index (χ4n) is 2.87. The molecule has 9 nitrogen and oxygen atoms in total. The van der Waals surface area contributed by atoms with Crippen molar-refractivity contribution < 1.29 is 33.3 Å². The van der Waals surface area contributed by atoms with Crippen molar-refractivity contribution in [3.63, 3.8) is 0 Å². The molecule has 0 amide bonds. The fraction of sp³-hybridized carbons (Fsp3) is 0.208. The maximum absolute atomic E-state index is 11.9. The lowest BCUT2D eigenvalue weighted by Gasteiger charge is -2.13. The minimum Gasteiger partial charge on any atom is -0.497 e. The summed E-state index contributed by atoms with van der Waals surface area (Å²) in [5, 5.41) is 18.0. The van der Waals surface area contributed by atoms with Gasteiger partial charge in [-0.2, -0.15) is 0 Å². The number of thioether (sulfide) groups is 1. The molecule has 0 atom stereocenters. The number of rotatable bonds is 11. The number of carboxylic acid groups (broad SMARTS) is 1. The highest BCUT2D eigenvalue weighted by Crippen LogP contribution is 2.38. The highest BCUT2D eigenvalue weighted by molar-refractivity contribution is 8.03. The summed E-state index contributed by atoms with van der Waals surface area (Å²) in [7, 11) is 3.04. The predicted octanol–water partition coefficient (Wildman–Crippen LogP) is 5.04. The van der Waals surface area contributed by atoms with Crippen molar-refractivity contribution in [3.05, 3.63) is 45.8 Å². The van der Waals surface area contributed by atoms with Crippen LogP contribution in [0.3, 0.4) is 0 Å². The SMILES string of the molecule is C#CCOc1c(Cl)cc(/C=C(\Sc2nnc(-c3cc(OC)cc(OC)c3)o2)C(=O)O)cc1OCC. The average Bonchev–Trinajstić information content (AvgIpc) is 3.31. The Bertz CT molecular complexity index is 1260. The van der Waals surface area contributed by atoms with Gasteiger partial charge in [-0.15, -0.1) is 16.6 Å². The van der Waals surface area contributed by atoms with E-state index in [1.807, 2.05) is 0 Å². The number of aromatic nitrogens is 2. The van der Waals surface area contributed by atoms with E-state index in [-0.39, 0.29) is 33.4 Å². The van der Waals surface area contributed by atoms with Crippen LogP contribution in [0.4, 0.5) is 0 Å². The first-order chi connectivity index (χ1) is 16.9. The van der Waals surface area contributed by atoms with E-state index in [4.69, 9.17) is 41.4 Å². The van der Waals surface area contributed by atoms with Crippen molar-refractivity contribution in [1.82, 2.24) is 10.2 Å². The van der Waals surface area contributed by atoms with Gasteiger partial charge in [0.15, 0.2) is 11.5 Å². The van der Waals surface area contributed by atoms with E-state index in [0.29, 0.717) is 35.0 Å². The summed E-state index contributed by atoms with van der Waals surface area (Å²) >= 11 is 7.12. The Kier molecular flexibility index (Phi) is 8.89. The van der Waals surface area contributed by atoms with Gasteiger partial charge < -0.3 is 28.5 Å². The predicted molar refractivity (Wildman–Crippen MR) is 131 cm³/mol. The number of benzene rings is 2. The van der Waals surface area contributed by atoms with Crippen LogP contribution in [0.5, 0.6) is 23.0 Å². The smallest absolute Gasteiger partial charge is 0.342 e. The van der Waals surface area contributed by atoms with Gasteiger partial charge in [0.1, 0.15) is 23.0 Å². The Balaban J connectivity index is 1.91. The number of nitrogens with zero attached hydrogens (tertiary/aromatic N) is 2. The molecule has 0 spiro atoms. The number of carbonyl (C=O) groups is 1. The third kappa shape index (κ3) is 6.62. The first-order valence-corrected chi connectivity index (χ1v) is 11.3. The third-order valence-corrected chi connectivity index (χ3v) is 5.47. The second-order valence-electron chi connectivity index (χ2n) is 6.65. The first kappa shape index (κ1) is 25.8. The third-order valence-electron chi connectivity index (χ3n) is 4.34.